The molecule has 0 aliphatic carbocycles. The fourth-order valence-corrected chi connectivity index (χ4v) is 2.69. The van der Waals surface area contributed by atoms with Crippen molar-refractivity contribution in [3.8, 4) is 6.07 Å². The summed E-state index contributed by atoms with van der Waals surface area (Å²) in [5.41, 5.74) is 8.08. The third-order valence-corrected chi connectivity index (χ3v) is 3.92. The van der Waals surface area contributed by atoms with Gasteiger partial charge >= 0.3 is 0 Å². The van der Waals surface area contributed by atoms with Crippen LogP contribution in [0.25, 0.3) is 0 Å². The molecule has 0 aromatic heterocycles. The maximum atomic E-state index is 8.76. The fraction of sp³-hybridized carbons (Fsp3) is 0.562. The van der Waals surface area contributed by atoms with Crippen LogP contribution in [0, 0.1) is 11.3 Å². The van der Waals surface area contributed by atoms with Crippen LogP contribution in [0.2, 0.25) is 0 Å². The minimum Gasteiger partial charge on any atom is -0.327 e. The summed E-state index contributed by atoms with van der Waals surface area (Å²) in [6.07, 6.45) is 3.10. The van der Waals surface area contributed by atoms with E-state index in [0.717, 1.165) is 25.9 Å². The smallest absolute Gasteiger partial charge is 0.0991 e. The van der Waals surface area contributed by atoms with Crippen LogP contribution in [0.5, 0.6) is 0 Å². The summed E-state index contributed by atoms with van der Waals surface area (Å²) >= 11 is 0. The standard InChI is InChI=1S/C16H24N4/c1-20-9-7-16(12-20)19-8-6-15(18)10-13-2-4-14(11-17)5-3-13/h2-5,15-16,19H,6-10,12,18H2,1H3/t15?,16-/m0/s1. The van der Waals surface area contributed by atoms with E-state index < -0.39 is 0 Å². The summed E-state index contributed by atoms with van der Waals surface area (Å²) < 4.78 is 0. The SMILES string of the molecule is CN1CC[C@H](NCCC(N)Cc2ccc(C#N)cc2)C1. The molecule has 1 fully saturated rings. The van der Waals surface area contributed by atoms with E-state index in [1.54, 1.807) is 0 Å². The zero-order valence-corrected chi connectivity index (χ0v) is 12.2. The monoisotopic (exact) mass is 272 g/mol. The van der Waals surface area contributed by atoms with Crippen LogP contribution in [0.1, 0.15) is 24.0 Å². The molecule has 108 valence electrons. The van der Waals surface area contributed by atoms with Crippen LogP contribution in [-0.4, -0.2) is 43.7 Å². The molecule has 1 aromatic rings. The highest BCUT2D eigenvalue weighted by atomic mass is 15.2. The second-order valence-electron chi connectivity index (χ2n) is 5.76. The number of likely N-dealkylation sites (tertiary alicyclic amines) is 1. The first-order valence-electron chi connectivity index (χ1n) is 7.34. The normalized spacial score (nSPS) is 20.8. The van der Waals surface area contributed by atoms with Crippen LogP contribution < -0.4 is 11.1 Å². The van der Waals surface area contributed by atoms with Crippen molar-refractivity contribution < 1.29 is 0 Å². The molecule has 3 N–H and O–H groups in total. The number of benzene rings is 1. The summed E-state index contributed by atoms with van der Waals surface area (Å²) in [4.78, 5) is 2.36. The number of hydrogen-bond acceptors (Lipinski definition) is 4. The van der Waals surface area contributed by atoms with Gasteiger partial charge in [0.1, 0.15) is 0 Å². The van der Waals surface area contributed by atoms with Crippen molar-refractivity contribution >= 4 is 0 Å². The van der Waals surface area contributed by atoms with Crippen molar-refractivity contribution in [2.24, 2.45) is 5.73 Å². The molecule has 2 atom stereocenters. The van der Waals surface area contributed by atoms with E-state index in [4.69, 9.17) is 11.0 Å². The molecule has 1 saturated heterocycles. The minimum absolute atomic E-state index is 0.176. The van der Waals surface area contributed by atoms with Gasteiger partial charge in [-0.25, -0.2) is 0 Å². The fourth-order valence-electron chi connectivity index (χ4n) is 2.69. The zero-order chi connectivity index (χ0) is 14.4. The molecule has 1 aromatic carbocycles. The predicted molar refractivity (Wildman–Crippen MR) is 81.4 cm³/mol. The first kappa shape index (κ1) is 15.0. The number of likely N-dealkylation sites (N-methyl/N-ethyl adjacent to an activating group) is 1. The molecule has 4 heteroatoms. The van der Waals surface area contributed by atoms with E-state index in [0.29, 0.717) is 11.6 Å². The highest BCUT2D eigenvalue weighted by Gasteiger charge is 2.18. The first-order valence-corrected chi connectivity index (χ1v) is 7.34. The third kappa shape index (κ3) is 4.61. The highest BCUT2D eigenvalue weighted by molar-refractivity contribution is 5.31. The molecule has 0 bridgehead atoms. The Morgan fingerprint density at radius 1 is 1.45 bits per heavy atom. The number of hydrogen-bond donors (Lipinski definition) is 2. The lowest BCUT2D eigenvalue weighted by molar-refractivity contribution is 0.395. The average molecular weight is 272 g/mol. The van der Waals surface area contributed by atoms with Gasteiger partial charge in [-0.2, -0.15) is 5.26 Å². The predicted octanol–water partition coefficient (Wildman–Crippen LogP) is 1.11. The van der Waals surface area contributed by atoms with Crippen LogP contribution in [0.4, 0.5) is 0 Å². The first-order chi connectivity index (χ1) is 9.67. The zero-order valence-electron chi connectivity index (χ0n) is 12.2. The highest BCUT2D eigenvalue weighted by Crippen LogP contribution is 2.08. The molecule has 2 rings (SSSR count). The number of nitrogens with zero attached hydrogens (tertiary/aromatic N) is 2. The van der Waals surface area contributed by atoms with Crippen molar-refractivity contribution in [2.75, 3.05) is 26.7 Å². The van der Waals surface area contributed by atoms with Gasteiger partial charge in [-0.3, -0.25) is 0 Å². The lowest BCUT2D eigenvalue weighted by Gasteiger charge is -2.16. The van der Waals surface area contributed by atoms with E-state index in [2.05, 4.69) is 23.3 Å². The molecule has 1 unspecified atom stereocenters. The second-order valence-corrected chi connectivity index (χ2v) is 5.76. The Labute approximate surface area is 121 Å². The molecular formula is C16H24N4. The Balaban J connectivity index is 1.67. The lowest BCUT2D eigenvalue weighted by atomic mass is 10.0. The lowest BCUT2D eigenvalue weighted by Crippen LogP contribution is -2.35. The maximum absolute atomic E-state index is 8.76. The Kier molecular flexibility index (Phi) is 5.54. The van der Waals surface area contributed by atoms with Crippen molar-refractivity contribution in [3.63, 3.8) is 0 Å². The van der Waals surface area contributed by atoms with Gasteiger partial charge in [0.15, 0.2) is 0 Å². The molecule has 0 spiro atoms. The van der Waals surface area contributed by atoms with Crippen molar-refractivity contribution in [3.05, 3.63) is 35.4 Å². The Hall–Kier alpha value is -1.41. The molecule has 0 radical (unpaired) electrons. The van der Waals surface area contributed by atoms with Crippen molar-refractivity contribution in [2.45, 2.75) is 31.3 Å². The summed E-state index contributed by atoms with van der Waals surface area (Å²) in [6, 6.07) is 10.6. The molecule has 1 aliphatic rings. The Morgan fingerprint density at radius 3 is 2.80 bits per heavy atom. The molecule has 1 aliphatic heterocycles. The largest absolute Gasteiger partial charge is 0.327 e. The number of rotatable bonds is 6. The molecule has 1 heterocycles. The topological polar surface area (TPSA) is 65.1 Å². The van der Waals surface area contributed by atoms with Gasteiger partial charge in [0.2, 0.25) is 0 Å². The molecule has 20 heavy (non-hydrogen) atoms. The summed E-state index contributed by atoms with van der Waals surface area (Å²) in [5.74, 6) is 0. The van der Waals surface area contributed by atoms with E-state index in [1.165, 1.54) is 18.5 Å². The van der Waals surface area contributed by atoms with Gasteiger partial charge < -0.3 is 16.0 Å². The van der Waals surface area contributed by atoms with Crippen molar-refractivity contribution in [1.82, 2.24) is 10.2 Å². The molecule has 4 nitrogen and oxygen atoms in total. The maximum Gasteiger partial charge on any atom is 0.0991 e. The second kappa shape index (κ2) is 7.39. The van der Waals surface area contributed by atoms with E-state index in [1.807, 2.05) is 24.3 Å². The molecule has 0 saturated carbocycles. The molecule has 0 amide bonds. The Bertz CT molecular complexity index is 449. The number of nitrogens with one attached hydrogen (secondary N) is 1. The van der Waals surface area contributed by atoms with Gasteiger partial charge in [-0.05, 0) is 57.1 Å². The molecular weight excluding hydrogens is 248 g/mol. The van der Waals surface area contributed by atoms with Crippen LogP contribution >= 0.6 is 0 Å². The van der Waals surface area contributed by atoms with Gasteiger partial charge in [-0.15, -0.1) is 0 Å². The van der Waals surface area contributed by atoms with Crippen LogP contribution in [0.15, 0.2) is 24.3 Å². The quantitative estimate of drug-likeness (QED) is 0.814. The van der Waals surface area contributed by atoms with E-state index in [9.17, 15) is 0 Å². The summed E-state index contributed by atoms with van der Waals surface area (Å²) in [5, 5.41) is 12.3. The van der Waals surface area contributed by atoms with Gasteiger partial charge in [-0.1, -0.05) is 12.1 Å². The van der Waals surface area contributed by atoms with Crippen molar-refractivity contribution in [1.29, 1.82) is 5.26 Å². The number of nitriles is 1. The van der Waals surface area contributed by atoms with E-state index in [-0.39, 0.29) is 6.04 Å². The van der Waals surface area contributed by atoms with Crippen LogP contribution in [0.3, 0.4) is 0 Å². The number of nitrogens with two attached hydrogens (primary N) is 1. The minimum atomic E-state index is 0.176. The van der Waals surface area contributed by atoms with E-state index >= 15 is 0 Å². The Morgan fingerprint density at radius 2 is 2.20 bits per heavy atom. The third-order valence-electron chi connectivity index (χ3n) is 3.92. The summed E-state index contributed by atoms with van der Waals surface area (Å²) in [7, 11) is 2.16. The summed E-state index contributed by atoms with van der Waals surface area (Å²) in [6.45, 7) is 3.32. The van der Waals surface area contributed by atoms with Gasteiger partial charge in [0.05, 0.1) is 11.6 Å². The van der Waals surface area contributed by atoms with Gasteiger partial charge in [0, 0.05) is 18.6 Å². The average Bonchev–Trinajstić information content (AvgIpc) is 2.85. The van der Waals surface area contributed by atoms with Crippen LogP contribution in [-0.2, 0) is 6.42 Å². The van der Waals surface area contributed by atoms with Gasteiger partial charge in [0.25, 0.3) is 0 Å².